The highest BCUT2D eigenvalue weighted by atomic mass is 35.5. The van der Waals surface area contributed by atoms with E-state index >= 15 is 0 Å². The van der Waals surface area contributed by atoms with Crippen molar-refractivity contribution in [2.75, 3.05) is 6.54 Å². The molecule has 1 unspecified atom stereocenters. The summed E-state index contributed by atoms with van der Waals surface area (Å²) in [4.78, 5) is 12.1. The van der Waals surface area contributed by atoms with E-state index < -0.39 is 12.0 Å². The van der Waals surface area contributed by atoms with E-state index in [0.29, 0.717) is 16.3 Å². The fourth-order valence-corrected chi connectivity index (χ4v) is 2.33. The Morgan fingerprint density at radius 2 is 1.88 bits per heavy atom. The highest BCUT2D eigenvalue weighted by molar-refractivity contribution is 6.30. The van der Waals surface area contributed by atoms with Crippen LogP contribution < -0.4 is 5.32 Å². The van der Waals surface area contributed by atoms with Crippen molar-refractivity contribution < 1.29 is 14.4 Å². The first-order valence-corrected chi connectivity index (χ1v) is 7.75. The number of hydrogen-bond acceptors (Lipinski definition) is 4. The van der Waals surface area contributed by atoms with Crippen LogP contribution in [0.15, 0.2) is 65.2 Å². The lowest BCUT2D eigenvalue weighted by Crippen LogP contribution is -2.28. The van der Waals surface area contributed by atoms with Crippen LogP contribution in [0.4, 0.5) is 0 Å². The first-order chi connectivity index (χ1) is 11.6. The number of carbonyl (C=O) groups is 1. The summed E-state index contributed by atoms with van der Waals surface area (Å²) in [5.41, 5.74) is 2.11. The van der Waals surface area contributed by atoms with E-state index in [4.69, 9.17) is 16.1 Å². The summed E-state index contributed by atoms with van der Waals surface area (Å²) in [6, 6.07) is 17.8. The number of aliphatic hydroxyl groups excluding tert-OH is 1. The smallest absolute Gasteiger partial charge is 0.290 e. The van der Waals surface area contributed by atoms with Gasteiger partial charge in [-0.1, -0.05) is 59.2 Å². The Morgan fingerprint density at radius 1 is 1.17 bits per heavy atom. The first kappa shape index (κ1) is 16.2. The van der Waals surface area contributed by atoms with Gasteiger partial charge in [0.15, 0.2) is 0 Å². The maximum Gasteiger partial charge on any atom is 0.290 e. The highest BCUT2D eigenvalue weighted by Gasteiger charge is 2.16. The molecular formula is C18H15ClN2O3. The first-order valence-electron chi connectivity index (χ1n) is 7.37. The van der Waals surface area contributed by atoms with E-state index in [2.05, 4.69) is 10.5 Å². The maximum absolute atomic E-state index is 12.1. The molecule has 6 heteroatoms. The molecule has 0 bridgehead atoms. The zero-order valence-electron chi connectivity index (χ0n) is 12.6. The fraction of sp³-hybridized carbons (Fsp3) is 0.111. The molecule has 3 rings (SSSR count). The molecule has 0 saturated carbocycles. The summed E-state index contributed by atoms with van der Waals surface area (Å²) >= 11 is 5.81. The van der Waals surface area contributed by atoms with Gasteiger partial charge in [-0.2, -0.15) is 0 Å². The van der Waals surface area contributed by atoms with Gasteiger partial charge in [0, 0.05) is 23.2 Å². The van der Waals surface area contributed by atoms with Crippen LogP contribution in [0.5, 0.6) is 0 Å². The van der Waals surface area contributed by atoms with Crippen molar-refractivity contribution in [3.8, 4) is 11.3 Å². The van der Waals surface area contributed by atoms with Crippen molar-refractivity contribution in [2.45, 2.75) is 6.10 Å². The summed E-state index contributed by atoms with van der Waals surface area (Å²) in [5, 5.41) is 17.2. The van der Waals surface area contributed by atoms with E-state index in [0.717, 1.165) is 5.56 Å². The number of aliphatic hydroxyl groups is 1. The number of amides is 1. The molecule has 5 nitrogen and oxygen atoms in total. The van der Waals surface area contributed by atoms with E-state index in [1.165, 1.54) is 0 Å². The number of rotatable bonds is 5. The summed E-state index contributed by atoms with van der Waals surface area (Å²) in [6.07, 6.45) is -0.831. The molecule has 1 amide bonds. The van der Waals surface area contributed by atoms with Crippen molar-refractivity contribution in [1.82, 2.24) is 10.5 Å². The van der Waals surface area contributed by atoms with Gasteiger partial charge in [-0.3, -0.25) is 4.79 Å². The number of nitrogens with zero attached hydrogens (tertiary/aromatic N) is 1. The third kappa shape index (κ3) is 3.82. The second kappa shape index (κ2) is 7.29. The zero-order chi connectivity index (χ0) is 16.9. The van der Waals surface area contributed by atoms with Gasteiger partial charge in [0.2, 0.25) is 5.76 Å². The minimum absolute atomic E-state index is 0.0574. The molecule has 0 aliphatic carbocycles. The van der Waals surface area contributed by atoms with Crippen LogP contribution in [0.25, 0.3) is 11.3 Å². The van der Waals surface area contributed by atoms with Crippen LogP contribution in [0.1, 0.15) is 22.2 Å². The van der Waals surface area contributed by atoms with Crippen molar-refractivity contribution >= 4 is 17.5 Å². The minimum atomic E-state index is -0.831. The number of carbonyl (C=O) groups excluding carboxylic acids is 1. The summed E-state index contributed by atoms with van der Waals surface area (Å²) < 4.78 is 5.07. The molecule has 2 N–H and O–H groups in total. The summed E-state index contributed by atoms with van der Waals surface area (Å²) in [5.74, 6) is -0.338. The number of benzene rings is 2. The van der Waals surface area contributed by atoms with Crippen molar-refractivity contribution in [3.05, 3.63) is 77.0 Å². The Labute approximate surface area is 143 Å². The second-order valence-corrected chi connectivity index (χ2v) is 5.66. The van der Waals surface area contributed by atoms with Gasteiger partial charge in [0.05, 0.1) is 6.10 Å². The SMILES string of the molecule is O=C(NCC(O)c1ccc(Cl)cc1)c1cc(-c2ccccc2)no1. The van der Waals surface area contributed by atoms with Crippen molar-refractivity contribution in [3.63, 3.8) is 0 Å². The minimum Gasteiger partial charge on any atom is -0.387 e. The van der Waals surface area contributed by atoms with E-state index in [9.17, 15) is 9.90 Å². The zero-order valence-corrected chi connectivity index (χ0v) is 13.4. The average molecular weight is 343 g/mol. The normalized spacial score (nSPS) is 11.9. The summed E-state index contributed by atoms with van der Waals surface area (Å²) in [7, 11) is 0. The molecule has 2 aromatic carbocycles. The van der Waals surface area contributed by atoms with Gasteiger partial charge in [0.1, 0.15) is 5.69 Å². The van der Waals surface area contributed by atoms with E-state index in [1.54, 1.807) is 30.3 Å². The van der Waals surface area contributed by atoms with Crippen LogP contribution in [-0.4, -0.2) is 22.7 Å². The molecule has 0 spiro atoms. The molecule has 0 aliphatic rings. The van der Waals surface area contributed by atoms with Gasteiger partial charge in [-0.15, -0.1) is 0 Å². The quantitative estimate of drug-likeness (QED) is 0.744. The Hall–Kier alpha value is -2.63. The van der Waals surface area contributed by atoms with Gasteiger partial charge in [0.25, 0.3) is 5.91 Å². The van der Waals surface area contributed by atoms with Crippen LogP contribution >= 0.6 is 11.6 Å². The maximum atomic E-state index is 12.1. The van der Waals surface area contributed by atoms with Crippen molar-refractivity contribution in [2.24, 2.45) is 0 Å². The topological polar surface area (TPSA) is 75.4 Å². The Bertz CT molecular complexity index is 816. The number of hydrogen-bond donors (Lipinski definition) is 2. The number of nitrogens with one attached hydrogen (secondary N) is 1. The van der Waals surface area contributed by atoms with E-state index in [-0.39, 0.29) is 12.3 Å². The summed E-state index contributed by atoms with van der Waals surface area (Å²) in [6.45, 7) is 0.0574. The van der Waals surface area contributed by atoms with Gasteiger partial charge < -0.3 is 14.9 Å². The lowest BCUT2D eigenvalue weighted by atomic mass is 10.1. The molecule has 0 aliphatic heterocycles. The lowest BCUT2D eigenvalue weighted by molar-refractivity contribution is 0.0880. The molecular weight excluding hydrogens is 328 g/mol. The molecule has 1 heterocycles. The Kier molecular flexibility index (Phi) is 4.93. The molecule has 24 heavy (non-hydrogen) atoms. The van der Waals surface area contributed by atoms with Gasteiger partial charge in [-0.05, 0) is 17.7 Å². The van der Waals surface area contributed by atoms with Gasteiger partial charge >= 0.3 is 0 Å². The third-order valence-corrected chi connectivity index (χ3v) is 3.77. The lowest BCUT2D eigenvalue weighted by Gasteiger charge is -2.11. The number of aromatic nitrogens is 1. The molecule has 122 valence electrons. The standard InChI is InChI=1S/C18H15ClN2O3/c19-14-8-6-13(7-9-14)16(22)11-20-18(23)17-10-15(21-24-17)12-4-2-1-3-5-12/h1-10,16,22H,11H2,(H,20,23). The molecule has 0 saturated heterocycles. The fourth-order valence-electron chi connectivity index (χ4n) is 2.21. The number of halogens is 1. The van der Waals surface area contributed by atoms with Crippen LogP contribution in [0.3, 0.4) is 0 Å². The third-order valence-electron chi connectivity index (χ3n) is 3.51. The predicted molar refractivity (Wildman–Crippen MR) is 90.7 cm³/mol. The molecule has 3 aromatic rings. The molecule has 1 aromatic heterocycles. The second-order valence-electron chi connectivity index (χ2n) is 5.22. The van der Waals surface area contributed by atoms with Crippen LogP contribution in [0.2, 0.25) is 5.02 Å². The van der Waals surface area contributed by atoms with Gasteiger partial charge in [-0.25, -0.2) is 0 Å². The highest BCUT2D eigenvalue weighted by Crippen LogP contribution is 2.19. The van der Waals surface area contributed by atoms with E-state index in [1.807, 2.05) is 30.3 Å². The van der Waals surface area contributed by atoms with Crippen molar-refractivity contribution in [1.29, 1.82) is 0 Å². The largest absolute Gasteiger partial charge is 0.387 e. The average Bonchev–Trinajstić information content (AvgIpc) is 3.11. The molecule has 0 radical (unpaired) electrons. The Morgan fingerprint density at radius 3 is 2.58 bits per heavy atom. The monoisotopic (exact) mass is 342 g/mol. The molecule has 0 fully saturated rings. The predicted octanol–water partition coefficient (Wildman–Crippen LogP) is 3.46. The van der Waals surface area contributed by atoms with Crippen LogP contribution in [0, 0.1) is 0 Å². The Balaban J connectivity index is 1.61. The molecule has 1 atom stereocenters. The van der Waals surface area contributed by atoms with Crippen LogP contribution in [-0.2, 0) is 0 Å².